The molecule has 0 radical (unpaired) electrons. The topological polar surface area (TPSA) is 9.23 Å². The summed E-state index contributed by atoms with van der Waals surface area (Å²) in [6.07, 6.45) is 5.47. The van der Waals surface area contributed by atoms with Crippen molar-refractivity contribution >= 4 is 15.9 Å². The molecule has 0 N–H and O–H groups in total. The van der Waals surface area contributed by atoms with Crippen molar-refractivity contribution in [3.63, 3.8) is 0 Å². The molecule has 0 rings (SSSR count). The first-order chi connectivity index (χ1) is 5.35. The zero-order valence-corrected chi connectivity index (χ0v) is 8.77. The minimum Gasteiger partial charge on any atom is -0.385 e. The molecule has 0 aromatic carbocycles. The normalized spacial score (nSPS) is 12.9. The molecule has 0 aliphatic rings. The molecule has 66 valence electrons. The Morgan fingerprint density at radius 1 is 1.64 bits per heavy atom. The molecule has 0 aromatic heterocycles. The molecule has 1 unspecified atom stereocenters. The van der Waals surface area contributed by atoms with Crippen molar-refractivity contribution in [2.24, 2.45) is 5.92 Å². The summed E-state index contributed by atoms with van der Waals surface area (Å²) in [4.78, 5) is 0. The number of methoxy groups -OCH3 is 1. The van der Waals surface area contributed by atoms with Crippen LogP contribution in [0.15, 0.2) is 12.7 Å². The lowest BCUT2D eigenvalue weighted by molar-refractivity contribution is 0.188. The van der Waals surface area contributed by atoms with Crippen LogP contribution in [0.2, 0.25) is 0 Å². The second-order valence-corrected chi connectivity index (χ2v) is 3.33. The van der Waals surface area contributed by atoms with Crippen molar-refractivity contribution in [2.45, 2.75) is 19.3 Å². The van der Waals surface area contributed by atoms with Crippen molar-refractivity contribution in [3.8, 4) is 0 Å². The average Bonchev–Trinajstić information content (AvgIpc) is 2.03. The van der Waals surface area contributed by atoms with E-state index in [1.165, 1.54) is 6.42 Å². The van der Waals surface area contributed by atoms with E-state index < -0.39 is 0 Å². The third kappa shape index (κ3) is 6.57. The molecule has 1 nitrogen and oxygen atoms in total. The zero-order valence-electron chi connectivity index (χ0n) is 7.18. The van der Waals surface area contributed by atoms with Crippen LogP contribution in [0.4, 0.5) is 0 Å². The summed E-state index contributed by atoms with van der Waals surface area (Å²) in [5, 5.41) is 1.07. The molecule has 2 heteroatoms. The number of halogens is 1. The molecular formula is C9H17BrO. The van der Waals surface area contributed by atoms with E-state index in [-0.39, 0.29) is 0 Å². The van der Waals surface area contributed by atoms with E-state index in [4.69, 9.17) is 4.74 Å². The minimum absolute atomic E-state index is 0.739. The maximum Gasteiger partial charge on any atom is 0.0462 e. The van der Waals surface area contributed by atoms with Gasteiger partial charge in [0.05, 0.1) is 0 Å². The van der Waals surface area contributed by atoms with Gasteiger partial charge in [0.15, 0.2) is 0 Å². The summed E-state index contributed by atoms with van der Waals surface area (Å²) in [5.41, 5.74) is 0. The highest BCUT2D eigenvalue weighted by Crippen LogP contribution is 2.14. The van der Waals surface area contributed by atoms with Gasteiger partial charge in [-0.1, -0.05) is 22.0 Å². The van der Waals surface area contributed by atoms with E-state index in [0.29, 0.717) is 0 Å². The van der Waals surface area contributed by atoms with Crippen LogP contribution >= 0.6 is 15.9 Å². The average molecular weight is 221 g/mol. The van der Waals surface area contributed by atoms with Gasteiger partial charge >= 0.3 is 0 Å². The molecule has 0 aliphatic heterocycles. The Hall–Kier alpha value is 0.180. The second kappa shape index (κ2) is 8.28. The standard InChI is InChI=1S/C9H17BrO/c1-3-5-9(8-10)6-4-7-11-2/h3,9H,1,4-8H2,2H3. The van der Waals surface area contributed by atoms with E-state index in [0.717, 1.165) is 30.7 Å². The summed E-state index contributed by atoms with van der Waals surface area (Å²) >= 11 is 3.48. The molecular weight excluding hydrogens is 204 g/mol. The third-order valence-electron chi connectivity index (χ3n) is 1.68. The van der Waals surface area contributed by atoms with Crippen molar-refractivity contribution in [2.75, 3.05) is 19.0 Å². The van der Waals surface area contributed by atoms with Gasteiger partial charge in [-0.15, -0.1) is 6.58 Å². The maximum absolute atomic E-state index is 4.97. The number of ether oxygens (including phenoxy) is 1. The molecule has 0 bridgehead atoms. The van der Waals surface area contributed by atoms with Gasteiger partial charge in [-0.2, -0.15) is 0 Å². The van der Waals surface area contributed by atoms with Gasteiger partial charge < -0.3 is 4.74 Å². The molecule has 0 aliphatic carbocycles. The summed E-state index contributed by atoms with van der Waals surface area (Å²) in [6.45, 7) is 4.60. The first kappa shape index (κ1) is 11.2. The summed E-state index contributed by atoms with van der Waals surface area (Å²) in [6, 6.07) is 0. The highest BCUT2D eigenvalue weighted by molar-refractivity contribution is 9.09. The highest BCUT2D eigenvalue weighted by atomic mass is 79.9. The molecule has 1 atom stereocenters. The van der Waals surface area contributed by atoms with Gasteiger partial charge in [0.1, 0.15) is 0 Å². The van der Waals surface area contributed by atoms with Crippen LogP contribution in [0.5, 0.6) is 0 Å². The smallest absolute Gasteiger partial charge is 0.0462 e. The Labute approximate surface area is 78.0 Å². The van der Waals surface area contributed by atoms with Crippen LogP contribution in [0.3, 0.4) is 0 Å². The fourth-order valence-corrected chi connectivity index (χ4v) is 1.60. The number of rotatable bonds is 7. The zero-order chi connectivity index (χ0) is 8.53. The molecule has 0 spiro atoms. The summed E-state index contributed by atoms with van der Waals surface area (Å²) in [7, 11) is 1.75. The Morgan fingerprint density at radius 2 is 2.36 bits per heavy atom. The number of hydrogen-bond donors (Lipinski definition) is 0. The Balaban J connectivity index is 3.27. The molecule has 0 fully saturated rings. The van der Waals surface area contributed by atoms with Gasteiger partial charge in [0, 0.05) is 19.0 Å². The van der Waals surface area contributed by atoms with Crippen LogP contribution in [-0.2, 0) is 4.74 Å². The highest BCUT2D eigenvalue weighted by Gasteiger charge is 2.03. The van der Waals surface area contributed by atoms with Crippen molar-refractivity contribution in [3.05, 3.63) is 12.7 Å². The fraction of sp³-hybridized carbons (Fsp3) is 0.778. The summed E-state index contributed by atoms with van der Waals surface area (Å²) < 4.78 is 4.97. The van der Waals surface area contributed by atoms with Crippen LogP contribution < -0.4 is 0 Å². The third-order valence-corrected chi connectivity index (χ3v) is 2.59. The SMILES string of the molecule is C=CCC(CBr)CCCOC. The first-order valence-electron chi connectivity index (χ1n) is 4.01. The Bertz CT molecular complexity index is 93.6. The lowest BCUT2D eigenvalue weighted by Crippen LogP contribution is -2.02. The van der Waals surface area contributed by atoms with Crippen LogP contribution in [0, 0.1) is 5.92 Å². The van der Waals surface area contributed by atoms with Crippen molar-refractivity contribution < 1.29 is 4.74 Å². The largest absolute Gasteiger partial charge is 0.385 e. The molecule has 0 aromatic rings. The maximum atomic E-state index is 4.97. The minimum atomic E-state index is 0.739. The monoisotopic (exact) mass is 220 g/mol. The number of allylic oxidation sites excluding steroid dienone is 1. The van der Waals surface area contributed by atoms with Crippen LogP contribution in [0.25, 0.3) is 0 Å². The van der Waals surface area contributed by atoms with Gasteiger partial charge in [-0.3, -0.25) is 0 Å². The predicted octanol–water partition coefficient (Wildman–Crippen LogP) is 3.00. The number of alkyl halides is 1. The number of hydrogen-bond acceptors (Lipinski definition) is 1. The Morgan fingerprint density at radius 3 is 2.82 bits per heavy atom. The van der Waals surface area contributed by atoms with Gasteiger partial charge in [-0.25, -0.2) is 0 Å². The summed E-state index contributed by atoms with van der Waals surface area (Å²) in [5.74, 6) is 0.739. The van der Waals surface area contributed by atoms with E-state index in [2.05, 4.69) is 22.5 Å². The van der Waals surface area contributed by atoms with Crippen LogP contribution in [-0.4, -0.2) is 19.0 Å². The lowest BCUT2D eigenvalue weighted by atomic mass is 10.0. The molecule has 0 saturated heterocycles. The molecule has 11 heavy (non-hydrogen) atoms. The van der Waals surface area contributed by atoms with Gasteiger partial charge in [-0.05, 0) is 25.2 Å². The second-order valence-electron chi connectivity index (χ2n) is 2.68. The van der Waals surface area contributed by atoms with E-state index in [1.54, 1.807) is 7.11 Å². The van der Waals surface area contributed by atoms with Gasteiger partial charge in [0.25, 0.3) is 0 Å². The van der Waals surface area contributed by atoms with Crippen molar-refractivity contribution in [1.82, 2.24) is 0 Å². The molecule has 0 saturated carbocycles. The molecule has 0 heterocycles. The molecule has 0 amide bonds. The fourth-order valence-electron chi connectivity index (χ4n) is 1.01. The predicted molar refractivity (Wildman–Crippen MR) is 53.2 cm³/mol. The first-order valence-corrected chi connectivity index (χ1v) is 5.13. The Kier molecular flexibility index (Phi) is 8.41. The van der Waals surface area contributed by atoms with E-state index in [9.17, 15) is 0 Å². The van der Waals surface area contributed by atoms with E-state index >= 15 is 0 Å². The van der Waals surface area contributed by atoms with E-state index in [1.807, 2.05) is 6.08 Å². The van der Waals surface area contributed by atoms with Gasteiger partial charge in [0.2, 0.25) is 0 Å². The lowest BCUT2D eigenvalue weighted by Gasteiger charge is -2.09. The van der Waals surface area contributed by atoms with Crippen LogP contribution in [0.1, 0.15) is 19.3 Å². The van der Waals surface area contributed by atoms with Crippen molar-refractivity contribution in [1.29, 1.82) is 0 Å². The quantitative estimate of drug-likeness (QED) is 0.365.